The van der Waals surface area contributed by atoms with Gasteiger partial charge in [0.25, 0.3) is 11.6 Å². The predicted octanol–water partition coefficient (Wildman–Crippen LogP) is 3.86. The maximum absolute atomic E-state index is 12.5. The zero-order valence-corrected chi connectivity index (χ0v) is 15.4. The lowest BCUT2D eigenvalue weighted by atomic mass is 10.1. The molecule has 2 aromatic heterocycles. The maximum atomic E-state index is 12.5. The number of nitrogens with one attached hydrogen (secondary N) is 1. The van der Waals surface area contributed by atoms with Gasteiger partial charge in [0.05, 0.1) is 36.6 Å². The van der Waals surface area contributed by atoms with Gasteiger partial charge in [0.1, 0.15) is 17.1 Å². The van der Waals surface area contributed by atoms with Gasteiger partial charge >= 0.3 is 0 Å². The Balaban J connectivity index is 1.78. The van der Waals surface area contributed by atoms with Crippen LogP contribution in [0.4, 0.5) is 5.69 Å². The Hall–Kier alpha value is -3.33. The zero-order chi connectivity index (χ0) is 19.4. The summed E-state index contributed by atoms with van der Waals surface area (Å²) < 4.78 is 15.9. The fourth-order valence-electron chi connectivity index (χ4n) is 2.49. The van der Waals surface area contributed by atoms with E-state index in [2.05, 4.69) is 5.32 Å². The molecular weight excluding hydrogens is 372 g/mol. The number of nitro benzene ring substituents is 1. The lowest BCUT2D eigenvalue weighted by Crippen LogP contribution is -2.23. The summed E-state index contributed by atoms with van der Waals surface area (Å²) in [6, 6.07) is 9.85. The van der Waals surface area contributed by atoms with E-state index in [0.717, 1.165) is 10.9 Å². The van der Waals surface area contributed by atoms with Crippen LogP contribution in [-0.2, 0) is 6.54 Å². The lowest BCUT2D eigenvalue weighted by molar-refractivity contribution is -0.385. The van der Waals surface area contributed by atoms with Gasteiger partial charge in [0, 0.05) is 6.07 Å². The van der Waals surface area contributed by atoms with Gasteiger partial charge in [-0.3, -0.25) is 14.9 Å². The minimum atomic E-state index is -0.640. The molecule has 0 aliphatic carbocycles. The molecule has 1 amide bonds. The van der Waals surface area contributed by atoms with Crippen molar-refractivity contribution in [2.24, 2.45) is 0 Å². The van der Waals surface area contributed by atoms with Gasteiger partial charge in [0.15, 0.2) is 11.5 Å². The number of hydrogen-bond donors (Lipinski definition) is 1. The van der Waals surface area contributed by atoms with Crippen molar-refractivity contribution < 1.29 is 23.6 Å². The van der Waals surface area contributed by atoms with Crippen LogP contribution in [-0.4, -0.2) is 25.1 Å². The minimum absolute atomic E-state index is 0.0930. The second-order valence-corrected chi connectivity index (χ2v) is 6.36. The normalized spacial score (nSPS) is 10.4. The smallest absolute Gasteiger partial charge is 0.286 e. The van der Waals surface area contributed by atoms with Crippen molar-refractivity contribution in [1.29, 1.82) is 0 Å². The van der Waals surface area contributed by atoms with Crippen molar-refractivity contribution in [3.8, 4) is 22.1 Å². The van der Waals surface area contributed by atoms with Crippen LogP contribution >= 0.6 is 11.3 Å². The van der Waals surface area contributed by atoms with Crippen LogP contribution in [0.25, 0.3) is 10.6 Å². The number of methoxy groups -OCH3 is 2. The number of furan rings is 1. The van der Waals surface area contributed by atoms with Gasteiger partial charge in [-0.1, -0.05) is 6.07 Å². The molecule has 0 aliphatic rings. The number of ether oxygens (including phenoxy) is 2. The monoisotopic (exact) mass is 388 g/mol. The molecule has 0 bridgehead atoms. The van der Waals surface area contributed by atoms with Gasteiger partial charge in [-0.05, 0) is 23.6 Å². The fourth-order valence-corrected chi connectivity index (χ4v) is 3.17. The highest BCUT2D eigenvalue weighted by molar-refractivity contribution is 7.13. The third kappa shape index (κ3) is 3.93. The molecular formula is C18H16N2O6S. The maximum Gasteiger partial charge on any atom is 0.286 e. The van der Waals surface area contributed by atoms with Crippen molar-refractivity contribution in [3.63, 3.8) is 0 Å². The Morgan fingerprint density at radius 2 is 1.96 bits per heavy atom. The number of carbonyl (C=O) groups is 1. The molecule has 0 fully saturated rings. The highest BCUT2D eigenvalue weighted by Gasteiger charge is 2.24. The molecule has 0 unspecified atom stereocenters. The topological polar surface area (TPSA) is 104 Å². The van der Waals surface area contributed by atoms with Gasteiger partial charge < -0.3 is 19.2 Å². The first-order valence-electron chi connectivity index (χ1n) is 7.84. The molecule has 2 heterocycles. The summed E-state index contributed by atoms with van der Waals surface area (Å²) in [5, 5.41) is 15.9. The Kier molecular flexibility index (Phi) is 5.41. The van der Waals surface area contributed by atoms with Crippen LogP contribution in [0.3, 0.4) is 0 Å². The largest absolute Gasteiger partial charge is 0.493 e. The van der Waals surface area contributed by atoms with Gasteiger partial charge in [0.2, 0.25) is 0 Å². The third-order valence-electron chi connectivity index (χ3n) is 3.79. The van der Waals surface area contributed by atoms with Crippen molar-refractivity contribution >= 4 is 22.9 Å². The second-order valence-electron chi connectivity index (χ2n) is 5.41. The molecule has 0 atom stereocenters. The first-order chi connectivity index (χ1) is 13.0. The fraction of sp³-hybridized carbons (Fsp3) is 0.167. The third-order valence-corrected chi connectivity index (χ3v) is 4.68. The van der Waals surface area contributed by atoms with Crippen molar-refractivity contribution in [1.82, 2.24) is 5.32 Å². The molecule has 3 rings (SSSR count). The Morgan fingerprint density at radius 3 is 2.59 bits per heavy atom. The molecule has 140 valence electrons. The van der Waals surface area contributed by atoms with E-state index in [1.54, 1.807) is 17.4 Å². The summed E-state index contributed by atoms with van der Waals surface area (Å²) in [5.41, 5.74) is -0.494. The Bertz CT molecular complexity index is 964. The number of carbonyl (C=O) groups excluding carboxylic acids is 1. The van der Waals surface area contributed by atoms with E-state index in [-0.39, 0.29) is 29.3 Å². The van der Waals surface area contributed by atoms with Crippen LogP contribution < -0.4 is 14.8 Å². The number of thiophene rings is 1. The first-order valence-corrected chi connectivity index (χ1v) is 8.72. The number of benzene rings is 1. The minimum Gasteiger partial charge on any atom is -0.493 e. The zero-order valence-electron chi connectivity index (χ0n) is 14.6. The standard InChI is InChI=1S/C18H16N2O6S/c1-24-15-8-12(13(20(22)23)9-16(15)25-2)18(21)19-10-11-5-6-14(26-11)17-4-3-7-27-17/h3-9H,10H2,1-2H3,(H,19,21). The van der Waals surface area contributed by atoms with Crippen LogP contribution in [0.15, 0.2) is 46.2 Å². The van der Waals surface area contributed by atoms with Crippen LogP contribution in [0.2, 0.25) is 0 Å². The molecule has 0 radical (unpaired) electrons. The average Bonchev–Trinajstić information content (AvgIpc) is 3.36. The summed E-state index contributed by atoms with van der Waals surface area (Å²) in [7, 11) is 2.75. The van der Waals surface area contributed by atoms with E-state index in [9.17, 15) is 14.9 Å². The molecule has 0 saturated carbocycles. The molecule has 3 aromatic rings. The molecule has 0 aliphatic heterocycles. The van der Waals surface area contributed by atoms with E-state index in [0.29, 0.717) is 11.5 Å². The summed E-state index contributed by atoms with van der Waals surface area (Å²) in [6.07, 6.45) is 0. The van der Waals surface area contributed by atoms with E-state index < -0.39 is 10.8 Å². The molecule has 1 aromatic carbocycles. The first kappa shape index (κ1) is 18.5. The number of nitrogens with zero attached hydrogens (tertiary/aromatic N) is 1. The van der Waals surface area contributed by atoms with Crippen LogP contribution in [0, 0.1) is 10.1 Å². The molecule has 9 heteroatoms. The molecule has 8 nitrogen and oxygen atoms in total. The van der Waals surface area contributed by atoms with E-state index in [1.807, 2.05) is 23.6 Å². The lowest BCUT2D eigenvalue weighted by Gasteiger charge is -2.10. The van der Waals surface area contributed by atoms with Gasteiger partial charge in [-0.2, -0.15) is 0 Å². The molecule has 0 saturated heterocycles. The SMILES string of the molecule is COc1cc(C(=O)NCc2ccc(-c3cccs3)o2)c([N+](=O)[O-])cc1OC. The van der Waals surface area contributed by atoms with Gasteiger partial charge in [-0.15, -0.1) is 11.3 Å². The number of hydrogen-bond acceptors (Lipinski definition) is 7. The summed E-state index contributed by atoms with van der Waals surface area (Å²) in [4.78, 5) is 24.1. The van der Waals surface area contributed by atoms with Crippen LogP contribution in [0.1, 0.15) is 16.1 Å². The highest BCUT2D eigenvalue weighted by atomic mass is 32.1. The Morgan fingerprint density at radius 1 is 1.22 bits per heavy atom. The molecule has 27 heavy (non-hydrogen) atoms. The number of amides is 1. The Labute approximate surface area is 158 Å². The number of rotatable bonds is 7. The van der Waals surface area contributed by atoms with Crippen molar-refractivity contribution in [3.05, 3.63) is 63.2 Å². The highest BCUT2D eigenvalue weighted by Crippen LogP contribution is 2.34. The van der Waals surface area contributed by atoms with E-state index in [4.69, 9.17) is 13.9 Å². The number of nitro groups is 1. The van der Waals surface area contributed by atoms with Crippen LogP contribution in [0.5, 0.6) is 11.5 Å². The predicted molar refractivity (Wildman–Crippen MR) is 99.4 cm³/mol. The summed E-state index contributed by atoms with van der Waals surface area (Å²) in [6.45, 7) is 0.0930. The van der Waals surface area contributed by atoms with E-state index >= 15 is 0 Å². The van der Waals surface area contributed by atoms with E-state index in [1.165, 1.54) is 20.3 Å². The van der Waals surface area contributed by atoms with Crippen molar-refractivity contribution in [2.45, 2.75) is 6.54 Å². The quantitative estimate of drug-likeness (QED) is 0.487. The average molecular weight is 388 g/mol. The molecule has 0 spiro atoms. The van der Waals surface area contributed by atoms with Gasteiger partial charge in [-0.25, -0.2) is 0 Å². The second kappa shape index (κ2) is 7.92. The summed E-state index contributed by atoms with van der Waals surface area (Å²) in [5.74, 6) is 1.02. The van der Waals surface area contributed by atoms with Crippen molar-refractivity contribution in [2.75, 3.05) is 14.2 Å². The molecule has 1 N–H and O–H groups in total. The summed E-state index contributed by atoms with van der Waals surface area (Å²) >= 11 is 1.54.